The second kappa shape index (κ2) is 7.92. The number of nitrogens with zero attached hydrogens (tertiary/aromatic N) is 1. The van der Waals surface area contributed by atoms with Crippen LogP contribution in [0.25, 0.3) is 0 Å². The van der Waals surface area contributed by atoms with Gasteiger partial charge in [-0.05, 0) is 40.5 Å². The quantitative estimate of drug-likeness (QED) is 0.714. The fraction of sp³-hybridized carbons (Fsp3) is 0.857. The summed E-state index contributed by atoms with van der Waals surface area (Å²) in [7, 11) is -3.20. The topological polar surface area (TPSA) is 92.8 Å². The minimum absolute atomic E-state index is 0.0175. The fourth-order valence-corrected chi connectivity index (χ4v) is 3.41. The molecule has 128 valence electrons. The first-order valence-corrected chi connectivity index (χ1v) is 9.27. The lowest BCUT2D eigenvalue weighted by atomic mass is 9.98. The molecule has 0 bridgehead atoms. The highest BCUT2D eigenvalue weighted by molar-refractivity contribution is 7.89. The van der Waals surface area contributed by atoms with Gasteiger partial charge in [0.2, 0.25) is 10.0 Å². The van der Waals surface area contributed by atoms with Gasteiger partial charge in [-0.1, -0.05) is 0 Å². The van der Waals surface area contributed by atoms with Gasteiger partial charge in [0.1, 0.15) is 0 Å². The molecule has 1 heterocycles. The number of nitrogens with one attached hydrogen (secondary N) is 1. The second-order valence-corrected chi connectivity index (χ2v) is 8.07. The summed E-state index contributed by atoms with van der Waals surface area (Å²) >= 11 is 0. The summed E-state index contributed by atoms with van der Waals surface area (Å²) < 4.78 is 30.1. The number of carbonyl (C=O) groups is 2. The number of amides is 1. The van der Waals surface area contributed by atoms with Gasteiger partial charge in [-0.15, -0.1) is 0 Å². The van der Waals surface area contributed by atoms with E-state index in [9.17, 15) is 18.0 Å². The van der Waals surface area contributed by atoms with Gasteiger partial charge >= 0.3 is 5.97 Å². The zero-order valence-corrected chi connectivity index (χ0v) is 14.5. The number of rotatable bonds is 6. The largest absolute Gasteiger partial charge is 0.452 e. The Morgan fingerprint density at radius 2 is 1.77 bits per heavy atom. The normalized spacial score (nSPS) is 19.0. The van der Waals surface area contributed by atoms with E-state index in [0.717, 1.165) is 0 Å². The van der Waals surface area contributed by atoms with Gasteiger partial charge in [0.15, 0.2) is 6.10 Å². The predicted octanol–water partition coefficient (Wildman–Crippen LogP) is 0.504. The molecule has 1 saturated heterocycles. The molecule has 1 unspecified atom stereocenters. The summed E-state index contributed by atoms with van der Waals surface area (Å²) in [5, 5.41) is 2.68. The van der Waals surface area contributed by atoms with E-state index >= 15 is 0 Å². The Kier molecular flexibility index (Phi) is 6.80. The molecule has 1 rings (SSSR count). The van der Waals surface area contributed by atoms with Crippen LogP contribution >= 0.6 is 0 Å². The maximum Gasteiger partial charge on any atom is 0.309 e. The van der Waals surface area contributed by atoms with E-state index in [4.69, 9.17) is 4.74 Å². The molecule has 0 spiro atoms. The van der Waals surface area contributed by atoms with Gasteiger partial charge in [-0.3, -0.25) is 9.59 Å². The van der Waals surface area contributed by atoms with Crippen molar-refractivity contribution in [3.63, 3.8) is 0 Å². The molecule has 22 heavy (non-hydrogen) atoms. The molecule has 0 saturated carbocycles. The standard InChI is InChI=1S/C14H26N2O5S/c1-5-22(19,20)16-8-6-12(7-9-16)14(18)21-11(4)13(17)15-10(2)3/h10-12H,5-9H2,1-4H3,(H,15,17). The lowest BCUT2D eigenvalue weighted by Crippen LogP contribution is -2.43. The SMILES string of the molecule is CCS(=O)(=O)N1CCC(C(=O)OC(C)C(=O)NC(C)C)CC1. The molecule has 1 aliphatic rings. The monoisotopic (exact) mass is 334 g/mol. The molecule has 0 aromatic heterocycles. The van der Waals surface area contributed by atoms with Crippen LogP contribution in [0.1, 0.15) is 40.5 Å². The Balaban J connectivity index is 2.48. The first kappa shape index (κ1) is 18.9. The Labute approximate surface area is 132 Å². The Morgan fingerprint density at radius 1 is 1.23 bits per heavy atom. The summed E-state index contributed by atoms with van der Waals surface area (Å²) in [6.07, 6.45) is 0.0139. The van der Waals surface area contributed by atoms with E-state index in [1.165, 1.54) is 11.2 Å². The molecule has 7 nitrogen and oxygen atoms in total. The summed E-state index contributed by atoms with van der Waals surface area (Å²) in [4.78, 5) is 23.8. The van der Waals surface area contributed by atoms with Crippen molar-refractivity contribution in [3.8, 4) is 0 Å². The Hall–Kier alpha value is -1.15. The molecule has 1 atom stereocenters. The van der Waals surface area contributed by atoms with E-state index in [1.807, 2.05) is 13.8 Å². The summed E-state index contributed by atoms with van der Waals surface area (Å²) in [5.74, 6) is -1.04. The van der Waals surface area contributed by atoms with Crippen LogP contribution in [-0.4, -0.2) is 55.6 Å². The number of hydrogen-bond donors (Lipinski definition) is 1. The molecular weight excluding hydrogens is 308 g/mol. The van der Waals surface area contributed by atoms with Crippen LogP contribution in [0, 0.1) is 5.92 Å². The second-order valence-electron chi connectivity index (χ2n) is 5.82. The van der Waals surface area contributed by atoms with Crippen LogP contribution in [-0.2, 0) is 24.3 Å². The Morgan fingerprint density at radius 3 is 2.23 bits per heavy atom. The number of ether oxygens (including phenoxy) is 1. The zero-order chi connectivity index (χ0) is 16.9. The average molecular weight is 334 g/mol. The molecule has 1 aliphatic heterocycles. The van der Waals surface area contributed by atoms with Crippen molar-refractivity contribution in [2.45, 2.75) is 52.7 Å². The van der Waals surface area contributed by atoms with Crippen molar-refractivity contribution in [1.29, 1.82) is 0 Å². The minimum atomic E-state index is -3.20. The van der Waals surface area contributed by atoms with E-state index in [1.54, 1.807) is 6.92 Å². The number of piperidine rings is 1. The predicted molar refractivity (Wildman–Crippen MR) is 82.6 cm³/mol. The molecule has 0 aromatic carbocycles. The van der Waals surface area contributed by atoms with Crippen molar-refractivity contribution in [3.05, 3.63) is 0 Å². The number of carbonyl (C=O) groups excluding carboxylic acids is 2. The highest BCUT2D eigenvalue weighted by Gasteiger charge is 2.32. The lowest BCUT2D eigenvalue weighted by Gasteiger charge is -2.30. The fourth-order valence-electron chi connectivity index (χ4n) is 2.28. The third-order valence-corrected chi connectivity index (χ3v) is 5.52. The maximum absolute atomic E-state index is 12.1. The molecule has 1 N–H and O–H groups in total. The highest BCUT2D eigenvalue weighted by atomic mass is 32.2. The molecular formula is C14H26N2O5S. The van der Waals surface area contributed by atoms with Crippen molar-refractivity contribution >= 4 is 21.9 Å². The molecule has 0 aromatic rings. The summed E-state index contributed by atoms with van der Waals surface area (Å²) in [6.45, 7) is 7.44. The van der Waals surface area contributed by atoms with E-state index in [0.29, 0.717) is 25.9 Å². The lowest BCUT2D eigenvalue weighted by molar-refractivity contribution is -0.160. The van der Waals surface area contributed by atoms with Crippen LogP contribution in [0.3, 0.4) is 0 Å². The molecule has 0 radical (unpaired) electrons. The third kappa shape index (κ3) is 5.24. The van der Waals surface area contributed by atoms with Gasteiger partial charge in [0.05, 0.1) is 11.7 Å². The van der Waals surface area contributed by atoms with Crippen LogP contribution in [0.15, 0.2) is 0 Å². The summed E-state index contributed by atoms with van der Waals surface area (Å²) in [5.41, 5.74) is 0. The van der Waals surface area contributed by atoms with E-state index in [2.05, 4.69) is 5.32 Å². The van der Waals surface area contributed by atoms with Crippen molar-refractivity contribution < 1.29 is 22.7 Å². The van der Waals surface area contributed by atoms with Crippen molar-refractivity contribution in [2.24, 2.45) is 5.92 Å². The molecule has 8 heteroatoms. The Bertz CT molecular complexity index is 495. The van der Waals surface area contributed by atoms with Gasteiger partial charge in [0.25, 0.3) is 5.91 Å². The van der Waals surface area contributed by atoms with E-state index in [-0.39, 0.29) is 23.6 Å². The van der Waals surface area contributed by atoms with Gasteiger partial charge in [0, 0.05) is 19.1 Å². The smallest absolute Gasteiger partial charge is 0.309 e. The minimum Gasteiger partial charge on any atom is -0.452 e. The highest BCUT2D eigenvalue weighted by Crippen LogP contribution is 2.21. The molecule has 0 aliphatic carbocycles. The van der Waals surface area contributed by atoms with Crippen molar-refractivity contribution in [1.82, 2.24) is 9.62 Å². The zero-order valence-electron chi connectivity index (χ0n) is 13.7. The number of esters is 1. The average Bonchev–Trinajstić information content (AvgIpc) is 2.46. The van der Waals surface area contributed by atoms with Gasteiger partial charge in [-0.2, -0.15) is 0 Å². The molecule has 1 fully saturated rings. The van der Waals surface area contributed by atoms with Gasteiger partial charge in [-0.25, -0.2) is 12.7 Å². The number of hydrogen-bond acceptors (Lipinski definition) is 5. The first-order valence-electron chi connectivity index (χ1n) is 7.66. The third-order valence-electron chi connectivity index (χ3n) is 3.64. The van der Waals surface area contributed by atoms with Crippen LogP contribution < -0.4 is 5.32 Å². The summed E-state index contributed by atoms with van der Waals surface area (Å²) in [6, 6.07) is -0.0175. The van der Waals surface area contributed by atoms with Crippen LogP contribution in [0.2, 0.25) is 0 Å². The maximum atomic E-state index is 12.1. The van der Waals surface area contributed by atoms with Gasteiger partial charge < -0.3 is 10.1 Å². The van der Waals surface area contributed by atoms with Crippen LogP contribution in [0.4, 0.5) is 0 Å². The van der Waals surface area contributed by atoms with Crippen molar-refractivity contribution in [2.75, 3.05) is 18.8 Å². The first-order chi connectivity index (χ1) is 10.2. The van der Waals surface area contributed by atoms with E-state index < -0.39 is 22.1 Å². The molecule has 1 amide bonds. The number of sulfonamides is 1. The van der Waals surface area contributed by atoms with Crippen LogP contribution in [0.5, 0.6) is 0 Å².